The highest BCUT2D eigenvalue weighted by atomic mass is 16.3. The standard InChI is InChI=1S/C21H28O5.C18H24O2/c1-19-7-5-13(23)9-12(19)3-4-14-15-6-8-21(26,17(25)11-22)20(15,2)10-16(24)18(14)19;1-18-9-8-14-13-5-3-12(19)10-11(13)2-4-15(14)16(18)6-7-17(18)20/h5,7,9,14-16,18,22,24,26H,3-4,6,8,10-11H2,1-2H3;3,5,10,14-17,19-20H,2,4,6-9H2,1H3/t14-,15-,16-,18+,19-,20-,21-;14-,15-,16+,17+,18+/m01/s1. The lowest BCUT2D eigenvalue weighted by Crippen LogP contribution is -2.61. The van der Waals surface area contributed by atoms with Crippen LogP contribution < -0.4 is 0 Å². The predicted octanol–water partition coefficient (Wildman–Crippen LogP) is 5.17. The van der Waals surface area contributed by atoms with Gasteiger partial charge in [-0.25, -0.2) is 0 Å². The number of fused-ring (bicyclic) bond motifs is 10. The van der Waals surface area contributed by atoms with Crippen molar-refractivity contribution in [2.75, 3.05) is 6.61 Å². The summed E-state index contributed by atoms with van der Waals surface area (Å²) in [6, 6.07) is 5.96. The van der Waals surface area contributed by atoms with E-state index in [9.17, 15) is 35.1 Å². The molecule has 0 spiro atoms. The molecule has 8 rings (SSSR count). The molecule has 7 aliphatic rings. The first-order valence-electron chi connectivity index (χ1n) is 17.8. The summed E-state index contributed by atoms with van der Waals surface area (Å²) in [7, 11) is 0. The highest BCUT2D eigenvalue weighted by Crippen LogP contribution is 2.67. The molecule has 46 heavy (non-hydrogen) atoms. The molecule has 0 aromatic heterocycles. The summed E-state index contributed by atoms with van der Waals surface area (Å²) >= 11 is 0. The third kappa shape index (κ3) is 4.51. The molecule has 0 heterocycles. The van der Waals surface area contributed by atoms with Gasteiger partial charge in [-0.1, -0.05) is 38.5 Å². The summed E-state index contributed by atoms with van der Waals surface area (Å²) in [5.74, 6) is 2.26. The summed E-state index contributed by atoms with van der Waals surface area (Å²) in [6.07, 6.45) is 14.5. The van der Waals surface area contributed by atoms with Gasteiger partial charge in [0.1, 0.15) is 18.0 Å². The van der Waals surface area contributed by atoms with E-state index in [1.807, 2.05) is 25.1 Å². The molecular weight excluding hydrogens is 580 g/mol. The number of allylic oxidation sites excluding steroid dienone is 4. The lowest BCUT2D eigenvalue weighted by molar-refractivity contribution is -0.178. The maximum Gasteiger partial charge on any atom is 0.190 e. The molecule has 0 radical (unpaired) electrons. The van der Waals surface area contributed by atoms with E-state index in [2.05, 4.69) is 19.9 Å². The molecule has 7 nitrogen and oxygen atoms in total. The molecule has 0 amide bonds. The number of hydrogen-bond acceptors (Lipinski definition) is 7. The van der Waals surface area contributed by atoms with Gasteiger partial charge < -0.3 is 25.5 Å². The molecule has 250 valence electrons. The molecule has 0 aliphatic heterocycles. The Kier molecular flexibility index (Phi) is 7.79. The normalized spacial score (nSPS) is 46.8. The first kappa shape index (κ1) is 32.2. The number of ketones is 2. The van der Waals surface area contributed by atoms with Gasteiger partial charge in [-0.05, 0) is 141 Å². The smallest absolute Gasteiger partial charge is 0.190 e. The van der Waals surface area contributed by atoms with E-state index >= 15 is 0 Å². The van der Waals surface area contributed by atoms with Crippen molar-refractivity contribution in [2.24, 2.45) is 45.8 Å². The lowest BCUT2D eigenvalue weighted by Gasteiger charge is -2.59. The molecule has 5 fully saturated rings. The number of aliphatic hydroxyl groups is 4. The highest BCUT2D eigenvalue weighted by Gasteiger charge is 2.68. The summed E-state index contributed by atoms with van der Waals surface area (Å²) < 4.78 is 0. The Morgan fingerprint density at radius 2 is 1.70 bits per heavy atom. The lowest BCUT2D eigenvalue weighted by atomic mass is 9.46. The van der Waals surface area contributed by atoms with E-state index < -0.39 is 29.5 Å². The fourth-order valence-corrected chi connectivity index (χ4v) is 12.5. The van der Waals surface area contributed by atoms with Crippen molar-refractivity contribution in [2.45, 2.75) is 115 Å². The zero-order valence-electron chi connectivity index (χ0n) is 27.6. The first-order chi connectivity index (χ1) is 21.8. The van der Waals surface area contributed by atoms with Crippen LogP contribution in [-0.2, 0) is 16.0 Å². The molecule has 1 aromatic rings. The number of carbonyl (C=O) groups excluding carboxylic acids is 2. The number of aryl methyl sites for hydroxylation is 1. The van der Waals surface area contributed by atoms with E-state index in [-0.39, 0.29) is 40.5 Å². The Morgan fingerprint density at radius 3 is 2.46 bits per heavy atom. The molecule has 1 aromatic carbocycles. The van der Waals surface area contributed by atoms with Crippen molar-refractivity contribution in [3.63, 3.8) is 0 Å². The van der Waals surface area contributed by atoms with Crippen molar-refractivity contribution >= 4 is 11.6 Å². The van der Waals surface area contributed by atoms with Crippen LogP contribution >= 0.6 is 0 Å². The Hall–Kier alpha value is -2.32. The average molecular weight is 633 g/mol. The second kappa shape index (κ2) is 11.1. The van der Waals surface area contributed by atoms with Crippen LogP contribution in [0, 0.1) is 45.8 Å². The van der Waals surface area contributed by atoms with Gasteiger partial charge >= 0.3 is 0 Å². The van der Waals surface area contributed by atoms with Crippen molar-refractivity contribution < 1.29 is 35.1 Å². The SMILES string of the molecule is C[C@]12C=CC(=O)C=C1CC[C@@H]1[C@@H]2[C@@H](O)C[C@@]2(C)[C@H]1CC[C@]2(O)C(=O)CO.C[C@]12CC[C@@H]3c4ccc(O)cc4CC[C@H]3[C@@H]1CC[C@@H]2O. The fourth-order valence-electron chi connectivity index (χ4n) is 12.5. The molecule has 0 unspecified atom stereocenters. The third-order valence-electron chi connectivity index (χ3n) is 14.9. The van der Waals surface area contributed by atoms with E-state index in [1.54, 1.807) is 12.2 Å². The van der Waals surface area contributed by atoms with Gasteiger partial charge in [0.25, 0.3) is 0 Å². The first-order valence-corrected chi connectivity index (χ1v) is 17.8. The minimum Gasteiger partial charge on any atom is -0.508 e. The van der Waals surface area contributed by atoms with Gasteiger partial charge in [0.15, 0.2) is 11.6 Å². The van der Waals surface area contributed by atoms with Crippen LogP contribution in [0.5, 0.6) is 5.75 Å². The topological polar surface area (TPSA) is 135 Å². The minimum atomic E-state index is -1.56. The predicted molar refractivity (Wildman–Crippen MR) is 174 cm³/mol. The van der Waals surface area contributed by atoms with E-state index in [1.165, 1.54) is 30.4 Å². The minimum absolute atomic E-state index is 0.00912. The second-order valence-corrected chi connectivity index (χ2v) is 16.6. The number of benzene rings is 1. The zero-order valence-corrected chi connectivity index (χ0v) is 27.6. The number of hydrogen-bond donors (Lipinski definition) is 5. The van der Waals surface area contributed by atoms with Crippen molar-refractivity contribution in [1.29, 1.82) is 0 Å². The second-order valence-electron chi connectivity index (χ2n) is 16.6. The average Bonchev–Trinajstić information content (AvgIpc) is 3.48. The molecule has 7 aliphatic carbocycles. The molecule has 5 saturated carbocycles. The number of aromatic hydroxyl groups is 1. The van der Waals surface area contributed by atoms with Crippen LogP contribution in [0.4, 0.5) is 0 Å². The highest BCUT2D eigenvalue weighted by molar-refractivity contribution is 6.01. The summed E-state index contributed by atoms with van der Waals surface area (Å²) in [5.41, 5.74) is 1.45. The largest absolute Gasteiger partial charge is 0.508 e. The maximum absolute atomic E-state index is 12.4. The summed E-state index contributed by atoms with van der Waals surface area (Å²) in [5, 5.41) is 51.7. The van der Waals surface area contributed by atoms with Crippen LogP contribution in [0.25, 0.3) is 0 Å². The number of carbonyl (C=O) groups is 2. The van der Waals surface area contributed by atoms with Gasteiger partial charge in [-0.2, -0.15) is 0 Å². The quantitative estimate of drug-likeness (QED) is 0.304. The van der Waals surface area contributed by atoms with Gasteiger partial charge in [-0.3, -0.25) is 9.59 Å². The third-order valence-corrected chi connectivity index (χ3v) is 14.9. The maximum atomic E-state index is 12.4. The van der Waals surface area contributed by atoms with Gasteiger partial charge in [0.05, 0.1) is 12.2 Å². The molecule has 7 heteroatoms. The van der Waals surface area contributed by atoms with Gasteiger partial charge in [-0.15, -0.1) is 0 Å². The Balaban J connectivity index is 0.000000152. The number of Topliss-reactive ketones (excluding diaryl/α,β-unsaturated/α-hetero) is 1. The summed E-state index contributed by atoms with van der Waals surface area (Å²) in [4.78, 5) is 24.2. The Morgan fingerprint density at radius 1 is 0.935 bits per heavy atom. The van der Waals surface area contributed by atoms with Crippen molar-refractivity contribution in [1.82, 2.24) is 0 Å². The van der Waals surface area contributed by atoms with E-state index in [4.69, 9.17) is 0 Å². The monoisotopic (exact) mass is 632 g/mol. The van der Waals surface area contributed by atoms with Crippen molar-refractivity contribution in [3.05, 3.63) is 53.1 Å². The van der Waals surface area contributed by atoms with Crippen LogP contribution in [0.2, 0.25) is 0 Å². The van der Waals surface area contributed by atoms with Crippen molar-refractivity contribution in [3.8, 4) is 5.75 Å². The van der Waals surface area contributed by atoms with E-state index in [0.29, 0.717) is 30.4 Å². The van der Waals surface area contributed by atoms with Gasteiger partial charge in [0.2, 0.25) is 0 Å². The molecular formula is C39H52O7. The number of phenolic OH excluding ortho intramolecular Hbond substituents is 1. The van der Waals surface area contributed by atoms with Crippen LogP contribution in [0.15, 0.2) is 42.0 Å². The van der Waals surface area contributed by atoms with Gasteiger partial charge in [0, 0.05) is 16.7 Å². The van der Waals surface area contributed by atoms with Crippen LogP contribution in [-0.4, -0.2) is 61.5 Å². The summed E-state index contributed by atoms with van der Waals surface area (Å²) in [6.45, 7) is 5.66. The Bertz CT molecular complexity index is 1480. The number of phenols is 1. The Labute approximate surface area is 272 Å². The number of aliphatic hydroxyl groups excluding tert-OH is 3. The van der Waals surface area contributed by atoms with Crippen LogP contribution in [0.3, 0.4) is 0 Å². The zero-order chi connectivity index (χ0) is 32.8. The molecule has 5 N–H and O–H groups in total. The molecule has 0 saturated heterocycles. The number of rotatable bonds is 2. The van der Waals surface area contributed by atoms with E-state index in [0.717, 1.165) is 50.0 Å². The molecule has 12 atom stereocenters. The molecule has 0 bridgehead atoms. The van der Waals surface area contributed by atoms with Crippen LogP contribution in [0.1, 0.15) is 102 Å². The fraction of sp³-hybridized carbons (Fsp3) is 0.692.